The van der Waals surface area contributed by atoms with Gasteiger partial charge in [-0.05, 0) is 55.9 Å². The first-order valence-corrected chi connectivity index (χ1v) is 6.85. The van der Waals surface area contributed by atoms with Gasteiger partial charge < -0.3 is 5.32 Å². The summed E-state index contributed by atoms with van der Waals surface area (Å²) in [5, 5.41) is 3.78. The molecule has 15 heavy (non-hydrogen) atoms. The molecule has 1 N–H and O–H groups in total. The minimum Gasteiger partial charge on any atom is -0.314 e. The molecule has 88 valence electrons. The quantitative estimate of drug-likeness (QED) is 0.746. The Morgan fingerprint density at radius 2 is 1.73 bits per heavy atom. The Bertz CT molecular complexity index is 201. The summed E-state index contributed by atoms with van der Waals surface area (Å²) in [6.45, 7) is 8.40. The molecule has 0 aromatic heterocycles. The summed E-state index contributed by atoms with van der Waals surface area (Å²) >= 11 is 0. The highest BCUT2D eigenvalue weighted by atomic mass is 14.9. The molecule has 0 spiro atoms. The van der Waals surface area contributed by atoms with Gasteiger partial charge in [0.2, 0.25) is 0 Å². The van der Waals surface area contributed by atoms with E-state index in [9.17, 15) is 0 Å². The molecule has 2 fully saturated rings. The number of hydrogen-bond donors (Lipinski definition) is 1. The lowest BCUT2D eigenvalue weighted by molar-refractivity contribution is 0.282. The summed E-state index contributed by atoms with van der Waals surface area (Å²) in [6.07, 6.45) is 8.59. The van der Waals surface area contributed by atoms with E-state index in [-0.39, 0.29) is 0 Å². The molecule has 0 aromatic rings. The van der Waals surface area contributed by atoms with Crippen molar-refractivity contribution in [2.75, 3.05) is 6.54 Å². The molecule has 0 radical (unpaired) electrons. The van der Waals surface area contributed by atoms with Crippen LogP contribution in [0.15, 0.2) is 0 Å². The van der Waals surface area contributed by atoms with Crippen molar-refractivity contribution in [3.05, 3.63) is 0 Å². The van der Waals surface area contributed by atoms with Crippen LogP contribution in [0, 0.1) is 17.3 Å². The van der Waals surface area contributed by atoms with Gasteiger partial charge in [0.15, 0.2) is 0 Å². The highest BCUT2D eigenvalue weighted by molar-refractivity contribution is 4.96. The molecule has 0 amide bonds. The van der Waals surface area contributed by atoms with Crippen molar-refractivity contribution in [3.63, 3.8) is 0 Å². The number of nitrogens with one attached hydrogen (secondary N) is 1. The van der Waals surface area contributed by atoms with E-state index in [4.69, 9.17) is 0 Å². The average Bonchev–Trinajstić information content (AvgIpc) is 2.84. The molecule has 2 aliphatic carbocycles. The smallest absolute Gasteiger partial charge is 0.00673 e. The zero-order chi connectivity index (χ0) is 10.9. The van der Waals surface area contributed by atoms with E-state index in [1.54, 1.807) is 0 Å². The van der Waals surface area contributed by atoms with Crippen LogP contribution in [0.3, 0.4) is 0 Å². The largest absolute Gasteiger partial charge is 0.314 e. The summed E-state index contributed by atoms with van der Waals surface area (Å²) in [5.41, 5.74) is 0.646. The van der Waals surface area contributed by atoms with Crippen molar-refractivity contribution in [3.8, 4) is 0 Å². The van der Waals surface area contributed by atoms with E-state index in [0.29, 0.717) is 5.41 Å². The second kappa shape index (κ2) is 4.45. The normalized spacial score (nSPS) is 39.0. The summed E-state index contributed by atoms with van der Waals surface area (Å²) in [5.74, 6) is 1.99. The first-order chi connectivity index (χ1) is 7.12. The van der Waals surface area contributed by atoms with Gasteiger partial charge in [-0.1, -0.05) is 27.2 Å². The first kappa shape index (κ1) is 11.4. The third-order valence-electron chi connectivity index (χ3n) is 4.79. The van der Waals surface area contributed by atoms with Crippen LogP contribution >= 0.6 is 0 Å². The van der Waals surface area contributed by atoms with Crippen LogP contribution in [-0.2, 0) is 0 Å². The van der Waals surface area contributed by atoms with Crippen molar-refractivity contribution >= 4 is 0 Å². The Balaban J connectivity index is 1.61. The fourth-order valence-electron chi connectivity index (χ4n) is 3.01. The van der Waals surface area contributed by atoms with E-state index in [1.807, 2.05) is 0 Å². The lowest BCUT2D eigenvalue weighted by Gasteiger charge is -2.28. The molecule has 2 saturated carbocycles. The van der Waals surface area contributed by atoms with Crippen LogP contribution in [-0.4, -0.2) is 12.6 Å². The maximum atomic E-state index is 3.78. The average molecular weight is 209 g/mol. The SMILES string of the molecule is CCC1CCC(NCC2CC2(C)C)CC1. The predicted molar refractivity (Wildman–Crippen MR) is 65.9 cm³/mol. The van der Waals surface area contributed by atoms with Crippen molar-refractivity contribution < 1.29 is 0 Å². The topological polar surface area (TPSA) is 12.0 Å². The van der Waals surface area contributed by atoms with Crippen molar-refractivity contribution in [1.29, 1.82) is 0 Å². The molecule has 0 aromatic carbocycles. The summed E-state index contributed by atoms with van der Waals surface area (Å²) in [6, 6.07) is 0.837. The Hall–Kier alpha value is -0.0400. The number of hydrogen-bond acceptors (Lipinski definition) is 1. The third-order valence-corrected chi connectivity index (χ3v) is 4.79. The monoisotopic (exact) mass is 209 g/mol. The number of rotatable bonds is 4. The lowest BCUT2D eigenvalue weighted by Crippen LogP contribution is -2.34. The Morgan fingerprint density at radius 1 is 1.13 bits per heavy atom. The summed E-state index contributed by atoms with van der Waals surface area (Å²) in [4.78, 5) is 0. The lowest BCUT2D eigenvalue weighted by atomic mass is 9.84. The van der Waals surface area contributed by atoms with E-state index in [0.717, 1.165) is 17.9 Å². The highest BCUT2D eigenvalue weighted by Gasteiger charge is 2.45. The molecule has 0 aliphatic heterocycles. The van der Waals surface area contributed by atoms with E-state index in [2.05, 4.69) is 26.1 Å². The van der Waals surface area contributed by atoms with Crippen LogP contribution in [0.2, 0.25) is 0 Å². The van der Waals surface area contributed by atoms with Crippen LogP contribution in [0.25, 0.3) is 0 Å². The first-order valence-electron chi connectivity index (χ1n) is 6.85. The highest BCUT2D eigenvalue weighted by Crippen LogP contribution is 2.51. The third kappa shape index (κ3) is 2.96. The van der Waals surface area contributed by atoms with E-state index in [1.165, 1.54) is 45.1 Å². The van der Waals surface area contributed by atoms with Crippen LogP contribution < -0.4 is 5.32 Å². The predicted octanol–water partition coefficient (Wildman–Crippen LogP) is 3.59. The fraction of sp³-hybridized carbons (Fsp3) is 1.00. The summed E-state index contributed by atoms with van der Waals surface area (Å²) < 4.78 is 0. The molecule has 0 heterocycles. The van der Waals surface area contributed by atoms with Crippen molar-refractivity contribution in [2.24, 2.45) is 17.3 Å². The maximum absolute atomic E-state index is 3.78. The molecule has 2 aliphatic rings. The van der Waals surface area contributed by atoms with Gasteiger partial charge in [0, 0.05) is 6.04 Å². The Labute approximate surface area is 95.0 Å². The van der Waals surface area contributed by atoms with Gasteiger partial charge in [0.25, 0.3) is 0 Å². The van der Waals surface area contributed by atoms with E-state index >= 15 is 0 Å². The van der Waals surface area contributed by atoms with Crippen molar-refractivity contribution in [1.82, 2.24) is 5.32 Å². The van der Waals surface area contributed by atoms with Gasteiger partial charge in [0.05, 0.1) is 0 Å². The molecule has 1 atom stereocenters. The van der Waals surface area contributed by atoms with E-state index < -0.39 is 0 Å². The maximum Gasteiger partial charge on any atom is 0.00673 e. The second-order valence-corrected chi connectivity index (χ2v) is 6.42. The fourth-order valence-corrected chi connectivity index (χ4v) is 3.01. The Kier molecular flexibility index (Phi) is 3.39. The molecule has 2 rings (SSSR count). The van der Waals surface area contributed by atoms with Crippen LogP contribution in [0.5, 0.6) is 0 Å². The molecule has 0 saturated heterocycles. The summed E-state index contributed by atoms with van der Waals surface area (Å²) in [7, 11) is 0. The molecular formula is C14H27N. The molecule has 0 bridgehead atoms. The molecule has 1 heteroatoms. The minimum atomic E-state index is 0.646. The zero-order valence-corrected chi connectivity index (χ0v) is 10.7. The standard InChI is InChI=1S/C14H27N/c1-4-11-5-7-13(8-6-11)15-10-12-9-14(12,2)3/h11-13,15H,4-10H2,1-3H3. The van der Waals surface area contributed by atoms with Gasteiger partial charge in [-0.3, -0.25) is 0 Å². The molecular weight excluding hydrogens is 182 g/mol. The Morgan fingerprint density at radius 3 is 2.20 bits per heavy atom. The molecule has 1 unspecified atom stereocenters. The minimum absolute atomic E-state index is 0.646. The van der Waals surface area contributed by atoms with Gasteiger partial charge in [-0.2, -0.15) is 0 Å². The van der Waals surface area contributed by atoms with Crippen LogP contribution in [0.4, 0.5) is 0 Å². The van der Waals surface area contributed by atoms with Gasteiger partial charge in [-0.25, -0.2) is 0 Å². The van der Waals surface area contributed by atoms with Gasteiger partial charge in [0.1, 0.15) is 0 Å². The van der Waals surface area contributed by atoms with Gasteiger partial charge >= 0.3 is 0 Å². The van der Waals surface area contributed by atoms with Crippen molar-refractivity contribution in [2.45, 2.75) is 65.3 Å². The van der Waals surface area contributed by atoms with Crippen LogP contribution in [0.1, 0.15) is 59.3 Å². The molecule has 1 nitrogen and oxygen atoms in total. The van der Waals surface area contributed by atoms with Gasteiger partial charge in [-0.15, -0.1) is 0 Å². The zero-order valence-electron chi connectivity index (χ0n) is 10.7. The second-order valence-electron chi connectivity index (χ2n) is 6.42.